The molecule has 1 heterocycles. The van der Waals surface area contributed by atoms with Crippen LogP contribution in [0, 0.1) is 10.1 Å². The summed E-state index contributed by atoms with van der Waals surface area (Å²) in [4.78, 5) is 22.2. The molecule has 0 saturated heterocycles. The van der Waals surface area contributed by atoms with E-state index in [2.05, 4.69) is 10.2 Å². The van der Waals surface area contributed by atoms with Crippen LogP contribution in [-0.4, -0.2) is 27.2 Å². The summed E-state index contributed by atoms with van der Waals surface area (Å²) >= 11 is 5.87. The number of hydrogen-bond acceptors (Lipinski definition) is 8. The van der Waals surface area contributed by atoms with Crippen molar-refractivity contribution in [1.29, 1.82) is 0 Å². The predicted molar refractivity (Wildman–Crippen MR) is 97.7 cm³/mol. The Morgan fingerprint density at radius 1 is 1.25 bits per heavy atom. The molecule has 1 atom stereocenters. The lowest BCUT2D eigenvalue weighted by Gasteiger charge is -2.13. The fourth-order valence-corrected chi connectivity index (χ4v) is 2.38. The molecule has 0 radical (unpaired) electrons. The Labute approximate surface area is 164 Å². The number of non-ortho nitro benzene ring substituents is 1. The van der Waals surface area contributed by atoms with Crippen LogP contribution in [0.2, 0.25) is 5.02 Å². The number of nitro groups is 1. The van der Waals surface area contributed by atoms with Gasteiger partial charge in [-0.3, -0.25) is 10.1 Å². The quantitative estimate of drug-likeness (QED) is 0.332. The molecule has 0 aliphatic rings. The minimum absolute atomic E-state index is 0.0499. The number of aromatic nitrogens is 2. The summed E-state index contributed by atoms with van der Waals surface area (Å²) < 4.78 is 16.0. The lowest BCUT2D eigenvalue weighted by molar-refractivity contribution is -0.384. The summed E-state index contributed by atoms with van der Waals surface area (Å²) in [7, 11) is 0. The smallest absolute Gasteiger partial charge is 0.347 e. The molecule has 10 heteroatoms. The average molecular weight is 404 g/mol. The van der Waals surface area contributed by atoms with Crippen LogP contribution in [-0.2, 0) is 16.1 Å². The third kappa shape index (κ3) is 4.83. The Bertz CT molecular complexity index is 989. The van der Waals surface area contributed by atoms with Crippen LogP contribution in [0.4, 0.5) is 5.69 Å². The molecule has 0 spiro atoms. The summed E-state index contributed by atoms with van der Waals surface area (Å²) in [5, 5.41) is 18.8. The second-order valence-corrected chi connectivity index (χ2v) is 6.07. The molecular formula is C18H14ClN3O6. The molecule has 0 aliphatic carbocycles. The van der Waals surface area contributed by atoms with Gasteiger partial charge in [-0.2, -0.15) is 0 Å². The highest BCUT2D eigenvalue weighted by Gasteiger charge is 2.18. The first-order valence-corrected chi connectivity index (χ1v) is 8.46. The minimum atomic E-state index is -0.865. The standard InChI is InChI=1S/C18H14ClN3O6/c1-11(27-15-4-2-3-13(19)9-15)18(23)26-10-16-20-21-17(28-16)12-5-7-14(8-6-12)22(24)25/h2-9,11H,10H2,1H3. The minimum Gasteiger partial charge on any atom is -0.479 e. The van der Waals surface area contributed by atoms with Gasteiger partial charge >= 0.3 is 5.97 Å². The highest BCUT2D eigenvalue weighted by Crippen LogP contribution is 2.22. The molecule has 3 rings (SSSR count). The van der Waals surface area contributed by atoms with Crippen LogP contribution in [0.3, 0.4) is 0 Å². The fourth-order valence-electron chi connectivity index (χ4n) is 2.20. The first-order chi connectivity index (χ1) is 13.4. The number of nitrogens with zero attached hydrogens (tertiary/aromatic N) is 3. The zero-order valence-corrected chi connectivity index (χ0v) is 15.3. The molecule has 0 bridgehead atoms. The molecule has 144 valence electrons. The van der Waals surface area contributed by atoms with Crippen molar-refractivity contribution in [3.8, 4) is 17.2 Å². The van der Waals surface area contributed by atoms with Crippen molar-refractivity contribution < 1.29 is 23.6 Å². The maximum atomic E-state index is 12.0. The van der Waals surface area contributed by atoms with Crippen molar-refractivity contribution in [2.75, 3.05) is 0 Å². The van der Waals surface area contributed by atoms with Crippen LogP contribution in [0.5, 0.6) is 5.75 Å². The van der Waals surface area contributed by atoms with Crippen LogP contribution in [0.15, 0.2) is 52.9 Å². The van der Waals surface area contributed by atoms with Crippen LogP contribution >= 0.6 is 11.6 Å². The van der Waals surface area contributed by atoms with Gasteiger partial charge in [0.05, 0.1) is 4.92 Å². The van der Waals surface area contributed by atoms with Gasteiger partial charge in [0.1, 0.15) is 5.75 Å². The molecule has 28 heavy (non-hydrogen) atoms. The van der Waals surface area contributed by atoms with E-state index in [4.69, 9.17) is 25.5 Å². The summed E-state index contributed by atoms with van der Waals surface area (Å²) in [5.74, 6) is 0.0612. The fraction of sp³-hybridized carbons (Fsp3) is 0.167. The van der Waals surface area contributed by atoms with Gasteiger partial charge in [0.25, 0.3) is 11.6 Å². The number of halogens is 1. The number of nitro benzene ring substituents is 1. The van der Waals surface area contributed by atoms with Crippen molar-refractivity contribution in [3.05, 3.63) is 69.6 Å². The lowest BCUT2D eigenvalue weighted by atomic mass is 10.2. The molecule has 0 N–H and O–H groups in total. The number of rotatable bonds is 7. The van der Waals surface area contributed by atoms with Gasteiger partial charge in [0, 0.05) is 22.7 Å². The largest absolute Gasteiger partial charge is 0.479 e. The van der Waals surface area contributed by atoms with Crippen molar-refractivity contribution in [3.63, 3.8) is 0 Å². The third-order valence-corrected chi connectivity index (χ3v) is 3.81. The zero-order chi connectivity index (χ0) is 20.1. The summed E-state index contributed by atoms with van der Waals surface area (Å²) in [6.45, 7) is 1.31. The van der Waals surface area contributed by atoms with E-state index >= 15 is 0 Å². The molecule has 2 aromatic carbocycles. The maximum absolute atomic E-state index is 12.0. The third-order valence-electron chi connectivity index (χ3n) is 3.57. The van der Waals surface area contributed by atoms with Gasteiger partial charge in [0.15, 0.2) is 12.7 Å². The zero-order valence-electron chi connectivity index (χ0n) is 14.6. The molecule has 1 aromatic heterocycles. The number of benzene rings is 2. The van der Waals surface area contributed by atoms with E-state index in [1.54, 1.807) is 31.2 Å². The Morgan fingerprint density at radius 2 is 2.00 bits per heavy atom. The molecule has 3 aromatic rings. The van der Waals surface area contributed by atoms with Crippen molar-refractivity contribution >= 4 is 23.3 Å². The van der Waals surface area contributed by atoms with E-state index < -0.39 is 17.0 Å². The second-order valence-electron chi connectivity index (χ2n) is 5.63. The Balaban J connectivity index is 1.56. The van der Waals surface area contributed by atoms with Crippen LogP contribution in [0.25, 0.3) is 11.5 Å². The highest BCUT2D eigenvalue weighted by molar-refractivity contribution is 6.30. The van der Waals surface area contributed by atoms with Gasteiger partial charge in [-0.05, 0) is 37.3 Å². The Hall–Kier alpha value is -3.46. The topological polar surface area (TPSA) is 118 Å². The Morgan fingerprint density at radius 3 is 2.68 bits per heavy atom. The van der Waals surface area contributed by atoms with Gasteiger partial charge in [-0.25, -0.2) is 4.79 Å². The number of hydrogen-bond donors (Lipinski definition) is 0. The molecule has 1 unspecified atom stereocenters. The number of carbonyl (C=O) groups excluding carboxylic acids is 1. The van der Waals surface area contributed by atoms with Crippen LogP contribution in [0.1, 0.15) is 12.8 Å². The van der Waals surface area contributed by atoms with Crippen molar-refractivity contribution in [1.82, 2.24) is 10.2 Å². The van der Waals surface area contributed by atoms with Crippen molar-refractivity contribution in [2.45, 2.75) is 19.6 Å². The first kappa shape index (κ1) is 19.3. The average Bonchev–Trinajstić information content (AvgIpc) is 3.15. The number of carbonyl (C=O) groups is 1. The van der Waals surface area contributed by atoms with Gasteiger partial charge in [0.2, 0.25) is 5.89 Å². The summed E-state index contributed by atoms with van der Waals surface area (Å²) in [5.41, 5.74) is 0.458. The van der Waals surface area contributed by atoms with Gasteiger partial charge in [-0.1, -0.05) is 17.7 Å². The lowest BCUT2D eigenvalue weighted by Crippen LogP contribution is -2.26. The second kappa shape index (κ2) is 8.49. The maximum Gasteiger partial charge on any atom is 0.347 e. The molecule has 0 fully saturated rings. The molecule has 0 aliphatic heterocycles. The van der Waals surface area contributed by atoms with E-state index in [0.29, 0.717) is 16.3 Å². The predicted octanol–water partition coefficient (Wildman–Crippen LogP) is 3.81. The Kier molecular flexibility index (Phi) is 5.85. The monoisotopic (exact) mass is 403 g/mol. The SMILES string of the molecule is CC(Oc1cccc(Cl)c1)C(=O)OCc1nnc(-c2ccc([N+](=O)[O-])cc2)o1. The highest BCUT2D eigenvalue weighted by atomic mass is 35.5. The summed E-state index contributed by atoms with van der Waals surface area (Å²) in [6.07, 6.45) is -0.865. The van der Waals surface area contributed by atoms with E-state index in [1.807, 2.05) is 0 Å². The molecular weight excluding hydrogens is 390 g/mol. The number of ether oxygens (including phenoxy) is 2. The normalized spacial score (nSPS) is 11.6. The van der Waals surface area contributed by atoms with Crippen LogP contribution < -0.4 is 4.74 Å². The van der Waals surface area contributed by atoms with E-state index in [1.165, 1.54) is 24.3 Å². The van der Waals surface area contributed by atoms with Crippen molar-refractivity contribution in [2.24, 2.45) is 0 Å². The summed E-state index contributed by atoms with van der Waals surface area (Å²) in [6, 6.07) is 12.3. The molecule has 9 nitrogen and oxygen atoms in total. The first-order valence-electron chi connectivity index (χ1n) is 8.08. The molecule has 0 amide bonds. The van der Waals surface area contributed by atoms with E-state index in [9.17, 15) is 14.9 Å². The van der Waals surface area contributed by atoms with E-state index in [-0.39, 0.29) is 24.1 Å². The number of esters is 1. The van der Waals surface area contributed by atoms with Gasteiger partial charge < -0.3 is 13.9 Å². The van der Waals surface area contributed by atoms with E-state index in [0.717, 1.165) is 0 Å². The molecule has 0 saturated carbocycles. The van der Waals surface area contributed by atoms with Gasteiger partial charge in [-0.15, -0.1) is 10.2 Å².